The van der Waals surface area contributed by atoms with Crippen LogP contribution < -0.4 is 9.47 Å². The number of aryl methyl sites for hydroxylation is 1. The minimum atomic E-state index is 0.325. The summed E-state index contributed by atoms with van der Waals surface area (Å²) in [7, 11) is 3.39. The molecule has 0 saturated carbocycles. The van der Waals surface area contributed by atoms with Crippen molar-refractivity contribution in [2.75, 3.05) is 7.11 Å². The van der Waals surface area contributed by atoms with Crippen LogP contribution in [0.15, 0.2) is 36.7 Å². The van der Waals surface area contributed by atoms with Crippen LogP contribution in [0.2, 0.25) is 0 Å². The summed E-state index contributed by atoms with van der Waals surface area (Å²) >= 11 is 0. The monoisotopic (exact) mass is 297 g/mol. The van der Waals surface area contributed by atoms with E-state index in [0.717, 1.165) is 22.8 Å². The predicted octanol–water partition coefficient (Wildman–Crippen LogP) is 2.37. The van der Waals surface area contributed by atoms with Crippen molar-refractivity contribution in [2.24, 2.45) is 7.05 Å². The second-order valence-corrected chi connectivity index (χ2v) is 4.79. The van der Waals surface area contributed by atoms with Gasteiger partial charge in [0.2, 0.25) is 5.88 Å². The van der Waals surface area contributed by atoms with E-state index in [0.29, 0.717) is 23.8 Å². The van der Waals surface area contributed by atoms with Crippen LogP contribution in [0.1, 0.15) is 15.9 Å². The second kappa shape index (κ2) is 5.85. The molecule has 0 spiro atoms. The van der Waals surface area contributed by atoms with Gasteiger partial charge in [-0.3, -0.25) is 9.48 Å². The Morgan fingerprint density at radius 3 is 2.95 bits per heavy atom. The molecule has 0 aliphatic rings. The normalized spacial score (nSPS) is 10.6. The molecule has 0 radical (unpaired) electrons. The number of benzene rings is 1. The summed E-state index contributed by atoms with van der Waals surface area (Å²) in [6, 6.07) is 7.47. The van der Waals surface area contributed by atoms with Gasteiger partial charge in [-0.05, 0) is 0 Å². The number of ether oxygens (including phenoxy) is 2. The van der Waals surface area contributed by atoms with E-state index in [1.165, 1.54) is 13.3 Å². The van der Waals surface area contributed by atoms with E-state index >= 15 is 0 Å². The van der Waals surface area contributed by atoms with Crippen molar-refractivity contribution < 1.29 is 14.3 Å². The number of hydrogen-bond donors (Lipinski definition) is 0. The standard InChI is InChI=1S/C16H15N3O3/c1-19-16-11(7-18-19)4-3-5-12(16)10-22-14-8-17-15(21-2)6-13(14)9-20/h3-9H,10H2,1-2H3. The van der Waals surface area contributed by atoms with E-state index < -0.39 is 0 Å². The molecule has 0 amide bonds. The molecular formula is C16H15N3O3. The molecule has 112 valence electrons. The van der Waals surface area contributed by atoms with E-state index in [9.17, 15) is 4.79 Å². The molecule has 6 nitrogen and oxygen atoms in total. The molecule has 6 heteroatoms. The first-order valence-electron chi connectivity index (χ1n) is 6.74. The molecule has 0 aliphatic heterocycles. The summed E-state index contributed by atoms with van der Waals surface area (Å²) in [6.07, 6.45) is 4.03. The van der Waals surface area contributed by atoms with Crippen molar-refractivity contribution >= 4 is 17.2 Å². The molecule has 0 unspecified atom stereocenters. The summed E-state index contributed by atoms with van der Waals surface area (Å²) in [5, 5.41) is 5.29. The zero-order valence-corrected chi connectivity index (χ0v) is 12.3. The number of aromatic nitrogens is 3. The van der Waals surface area contributed by atoms with Gasteiger partial charge in [0.05, 0.1) is 30.6 Å². The lowest BCUT2D eigenvalue weighted by Gasteiger charge is -2.10. The number of para-hydroxylation sites is 1. The van der Waals surface area contributed by atoms with Crippen LogP contribution in [0.3, 0.4) is 0 Å². The van der Waals surface area contributed by atoms with Crippen LogP contribution in [-0.2, 0) is 13.7 Å². The molecule has 2 heterocycles. The number of hydrogen-bond acceptors (Lipinski definition) is 5. The first-order chi connectivity index (χ1) is 10.7. The fourth-order valence-electron chi connectivity index (χ4n) is 2.35. The van der Waals surface area contributed by atoms with Crippen LogP contribution in [0.25, 0.3) is 10.9 Å². The lowest BCUT2D eigenvalue weighted by Crippen LogP contribution is -2.02. The number of pyridine rings is 1. The molecule has 0 aliphatic carbocycles. The Morgan fingerprint density at radius 2 is 2.18 bits per heavy atom. The molecular weight excluding hydrogens is 282 g/mol. The van der Waals surface area contributed by atoms with E-state index in [4.69, 9.17) is 9.47 Å². The maximum atomic E-state index is 11.2. The molecule has 0 atom stereocenters. The minimum Gasteiger partial charge on any atom is -0.486 e. The van der Waals surface area contributed by atoms with Gasteiger partial charge in [-0.1, -0.05) is 18.2 Å². The van der Waals surface area contributed by atoms with E-state index in [-0.39, 0.29) is 0 Å². The van der Waals surface area contributed by atoms with Crippen molar-refractivity contribution in [3.05, 3.63) is 47.8 Å². The fourth-order valence-corrected chi connectivity index (χ4v) is 2.35. The molecule has 0 saturated heterocycles. The van der Waals surface area contributed by atoms with Crippen molar-refractivity contribution in [3.8, 4) is 11.6 Å². The molecule has 0 bridgehead atoms. The van der Waals surface area contributed by atoms with Crippen molar-refractivity contribution in [1.82, 2.24) is 14.8 Å². The fraction of sp³-hybridized carbons (Fsp3) is 0.188. The molecule has 0 fully saturated rings. The van der Waals surface area contributed by atoms with Crippen molar-refractivity contribution in [1.29, 1.82) is 0 Å². The number of methoxy groups -OCH3 is 1. The largest absolute Gasteiger partial charge is 0.486 e. The quantitative estimate of drug-likeness (QED) is 0.676. The second-order valence-electron chi connectivity index (χ2n) is 4.79. The third kappa shape index (κ3) is 2.50. The van der Waals surface area contributed by atoms with Crippen molar-refractivity contribution in [3.63, 3.8) is 0 Å². The zero-order valence-electron chi connectivity index (χ0n) is 12.3. The van der Waals surface area contributed by atoms with Gasteiger partial charge in [-0.2, -0.15) is 5.10 Å². The maximum absolute atomic E-state index is 11.2. The minimum absolute atomic E-state index is 0.325. The van der Waals surface area contributed by atoms with Gasteiger partial charge in [-0.25, -0.2) is 4.98 Å². The van der Waals surface area contributed by atoms with Gasteiger partial charge in [0.15, 0.2) is 6.29 Å². The summed E-state index contributed by atoms with van der Waals surface area (Å²) in [4.78, 5) is 15.2. The summed E-state index contributed by atoms with van der Waals surface area (Å²) in [5.41, 5.74) is 2.41. The lowest BCUT2D eigenvalue weighted by atomic mass is 10.1. The van der Waals surface area contributed by atoms with E-state index in [1.807, 2.05) is 31.4 Å². The van der Waals surface area contributed by atoms with Gasteiger partial charge < -0.3 is 9.47 Å². The average molecular weight is 297 g/mol. The molecule has 3 rings (SSSR count). The summed E-state index contributed by atoms with van der Waals surface area (Å²) < 4.78 is 12.6. The Labute approximate surface area is 127 Å². The number of rotatable bonds is 5. The Balaban J connectivity index is 1.88. The first kappa shape index (κ1) is 14.1. The number of fused-ring (bicyclic) bond motifs is 1. The topological polar surface area (TPSA) is 66.2 Å². The van der Waals surface area contributed by atoms with Gasteiger partial charge in [0, 0.05) is 24.1 Å². The molecule has 3 aromatic rings. The Morgan fingerprint density at radius 1 is 1.32 bits per heavy atom. The van der Waals surface area contributed by atoms with Gasteiger partial charge in [0.25, 0.3) is 0 Å². The highest BCUT2D eigenvalue weighted by atomic mass is 16.5. The SMILES string of the molecule is COc1cc(C=O)c(OCc2cccc3cnn(C)c23)cn1. The highest BCUT2D eigenvalue weighted by Crippen LogP contribution is 2.23. The van der Waals surface area contributed by atoms with Gasteiger partial charge >= 0.3 is 0 Å². The number of aldehydes is 1. The third-order valence-electron chi connectivity index (χ3n) is 3.44. The highest BCUT2D eigenvalue weighted by molar-refractivity contribution is 5.82. The third-order valence-corrected chi connectivity index (χ3v) is 3.44. The van der Waals surface area contributed by atoms with E-state index in [1.54, 1.807) is 10.7 Å². The number of carbonyl (C=O) groups excluding carboxylic acids is 1. The van der Waals surface area contributed by atoms with Crippen LogP contribution in [0.4, 0.5) is 0 Å². The van der Waals surface area contributed by atoms with Crippen LogP contribution in [0, 0.1) is 0 Å². The van der Waals surface area contributed by atoms with Gasteiger partial charge in [-0.15, -0.1) is 0 Å². The zero-order chi connectivity index (χ0) is 15.5. The Hall–Kier alpha value is -2.89. The number of nitrogens with zero attached hydrogens (tertiary/aromatic N) is 3. The van der Waals surface area contributed by atoms with E-state index in [2.05, 4.69) is 10.1 Å². The molecule has 1 aromatic carbocycles. The van der Waals surface area contributed by atoms with Crippen LogP contribution in [0.5, 0.6) is 11.6 Å². The average Bonchev–Trinajstić information content (AvgIpc) is 2.94. The molecule has 0 N–H and O–H groups in total. The van der Waals surface area contributed by atoms with Crippen molar-refractivity contribution in [2.45, 2.75) is 6.61 Å². The summed E-state index contributed by atoms with van der Waals surface area (Å²) in [5.74, 6) is 0.804. The van der Waals surface area contributed by atoms with Crippen LogP contribution in [-0.4, -0.2) is 28.2 Å². The summed E-state index contributed by atoms with van der Waals surface area (Å²) in [6.45, 7) is 0.325. The maximum Gasteiger partial charge on any atom is 0.213 e. The van der Waals surface area contributed by atoms with Crippen LogP contribution >= 0.6 is 0 Å². The molecule has 22 heavy (non-hydrogen) atoms. The Bertz CT molecular complexity index is 827. The number of carbonyl (C=O) groups is 1. The highest BCUT2D eigenvalue weighted by Gasteiger charge is 2.09. The predicted molar refractivity (Wildman–Crippen MR) is 81.2 cm³/mol. The van der Waals surface area contributed by atoms with Gasteiger partial charge in [0.1, 0.15) is 12.4 Å². The smallest absolute Gasteiger partial charge is 0.213 e. The Kier molecular flexibility index (Phi) is 3.74. The molecule has 2 aromatic heterocycles. The lowest BCUT2D eigenvalue weighted by molar-refractivity contribution is 0.111. The first-order valence-corrected chi connectivity index (χ1v) is 6.74.